The number of aromatic nitrogens is 1. The molecule has 1 aromatic heterocycles. The highest BCUT2D eigenvalue weighted by atomic mass is 16.5. The number of benzene rings is 1. The van der Waals surface area contributed by atoms with Gasteiger partial charge in [-0.05, 0) is 50.3 Å². The van der Waals surface area contributed by atoms with Gasteiger partial charge in [-0.25, -0.2) is 4.79 Å². The van der Waals surface area contributed by atoms with Crippen LogP contribution in [0.2, 0.25) is 0 Å². The summed E-state index contributed by atoms with van der Waals surface area (Å²) in [7, 11) is 1.68. The number of rotatable bonds is 8. The fraction of sp³-hybridized carbons (Fsp3) is 0.440. The Morgan fingerprint density at radius 1 is 1.26 bits per heavy atom. The van der Waals surface area contributed by atoms with Gasteiger partial charge in [0.05, 0.1) is 18.9 Å². The summed E-state index contributed by atoms with van der Waals surface area (Å²) in [4.78, 5) is 25.1. The summed E-state index contributed by atoms with van der Waals surface area (Å²) in [5.41, 5.74) is 3.55. The summed E-state index contributed by atoms with van der Waals surface area (Å²) in [6.07, 6.45) is 8.28. The molecule has 1 spiro atoms. The second-order valence-electron chi connectivity index (χ2n) is 8.23. The van der Waals surface area contributed by atoms with Crippen molar-refractivity contribution < 1.29 is 19.0 Å². The maximum Gasteiger partial charge on any atom is 0.343 e. The van der Waals surface area contributed by atoms with Gasteiger partial charge < -0.3 is 18.8 Å². The molecule has 0 saturated heterocycles. The Balaban J connectivity index is 1.80. The number of carbonyl (C=O) groups excluding carboxylic acids is 1. The van der Waals surface area contributed by atoms with Gasteiger partial charge in [0.25, 0.3) is 0 Å². The number of ether oxygens (including phenoxy) is 3. The molecule has 6 heteroatoms. The van der Waals surface area contributed by atoms with Crippen molar-refractivity contribution in [1.82, 2.24) is 4.57 Å². The molecule has 1 aromatic carbocycles. The van der Waals surface area contributed by atoms with E-state index in [0.29, 0.717) is 13.2 Å². The quantitative estimate of drug-likeness (QED) is 0.471. The third-order valence-electron chi connectivity index (χ3n) is 6.34. The molecule has 0 bridgehead atoms. The van der Waals surface area contributed by atoms with Crippen LogP contribution in [0.1, 0.15) is 54.1 Å². The normalized spacial score (nSPS) is 15.5. The Labute approximate surface area is 182 Å². The third kappa shape index (κ3) is 3.81. The second kappa shape index (κ2) is 8.71. The van der Waals surface area contributed by atoms with Crippen molar-refractivity contribution in [2.45, 2.75) is 44.6 Å². The van der Waals surface area contributed by atoms with E-state index in [1.54, 1.807) is 32.4 Å². The van der Waals surface area contributed by atoms with Gasteiger partial charge in [-0.1, -0.05) is 12.7 Å². The lowest BCUT2D eigenvalue weighted by atomic mass is 9.69. The van der Waals surface area contributed by atoms with Gasteiger partial charge in [0.15, 0.2) is 5.43 Å². The van der Waals surface area contributed by atoms with E-state index in [4.69, 9.17) is 14.2 Å². The lowest BCUT2D eigenvalue weighted by Gasteiger charge is -2.49. The van der Waals surface area contributed by atoms with Crippen LogP contribution in [0.5, 0.6) is 5.75 Å². The Morgan fingerprint density at radius 3 is 2.71 bits per heavy atom. The number of pyridine rings is 1. The van der Waals surface area contributed by atoms with Crippen LogP contribution in [0.3, 0.4) is 0 Å². The molecule has 31 heavy (non-hydrogen) atoms. The van der Waals surface area contributed by atoms with Gasteiger partial charge in [0.1, 0.15) is 11.3 Å². The molecular formula is C25H29NO5. The van der Waals surface area contributed by atoms with E-state index in [9.17, 15) is 9.59 Å². The fourth-order valence-corrected chi connectivity index (χ4v) is 4.63. The van der Waals surface area contributed by atoms with Crippen molar-refractivity contribution in [2.24, 2.45) is 0 Å². The second-order valence-corrected chi connectivity index (χ2v) is 8.23. The molecule has 0 atom stereocenters. The zero-order chi connectivity index (χ0) is 22.0. The lowest BCUT2D eigenvalue weighted by Crippen LogP contribution is -2.46. The maximum atomic E-state index is 12.8. The summed E-state index contributed by atoms with van der Waals surface area (Å²) < 4.78 is 18.4. The Hall–Kier alpha value is -2.86. The standard InChI is InChI=1S/C25H29NO5/c1-4-17-12-19-18(13-23(17)31-11-7-10-29-3)15-25(8-6-9-25)26-16-20(24(28)30-5-2)22(27)14-21(19)26/h4,12-14,16H,1,5-11,15H2,2-3H3. The predicted molar refractivity (Wildman–Crippen MR) is 120 cm³/mol. The van der Waals surface area contributed by atoms with Crippen molar-refractivity contribution in [1.29, 1.82) is 0 Å². The molecule has 1 aliphatic heterocycles. The fourth-order valence-electron chi connectivity index (χ4n) is 4.63. The highest BCUT2D eigenvalue weighted by Crippen LogP contribution is 2.49. The van der Waals surface area contributed by atoms with Gasteiger partial charge in [-0.15, -0.1) is 0 Å². The summed E-state index contributed by atoms with van der Waals surface area (Å²) in [5.74, 6) is 0.243. The zero-order valence-corrected chi connectivity index (χ0v) is 18.2. The first-order chi connectivity index (χ1) is 15.0. The molecule has 2 aliphatic rings. The monoisotopic (exact) mass is 423 g/mol. The van der Waals surface area contributed by atoms with E-state index < -0.39 is 5.97 Å². The summed E-state index contributed by atoms with van der Waals surface area (Å²) in [5, 5.41) is 0. The number of hydrogen-bond donors (Lipinski definition) is 0. The lowest BCUT2D eigenvalue weighted by molar-refractivity contribution is 0.0521. The smallest absolute Gasteiger partial charge is 0.343 e. The molecule has 6 nitrogen and oxygen atoms in total. The Morgan fingerprint density at radius 2 is 2.06 bits per heavy atom. The van der Waals surface area contributed by atoms with Crippen molar-refractivity contribution in [3.63, 3.8) is 0 Å². The third-order valence-corrected chi connectivity index (χ3v) is 6.34. The number of carbonyl (C=O) groups is 1. The van der Waals surface area contributed by atoms with Crippen LogP contribution >= 0.6 is 0 Å². The molecular weight excluding hydrogens is 394 g/mol. The highest BCUT2D eigenvalue weighted by molar-refractivity contribution is 5.89. The van der Waals surface area contributed by atoms with Crippen molar-refractivity contribution in [2.75, 3.05) is 26.9 Å². The van der Waals surface area contributed by atoms with E-state index >= 15 is 0 Å². The van der Waals surface area contributed by atoms with Gasteiger partial charge in [0, 0.05) is 49.1 Å². The number of nitrogens with zero attached hydrogens (tertiary/aromatic N) is 1. The molecule has 1 fully saturated rings. The summed E-state index contributed by atoms with van der Waals surface area (Å²) in [6, 6.07) is 5.71. The average Bonchev–Trinajstić information content (AvgIpc) is 2.74. The van der Waals surface area contributed by atoms with E-state index in [2.05, 4.69) is 17.2 Å². The zero-order valence-electron chi connectivity index (χ0n) is 18.2. The molecule has 2 heterocycles. The molecule has 0 amide bonds. The van der Waals surface area contributed by atoms with E-state index in [1.807, 2.05) is 6.07 Å². The van der Waals surface area contributed by atoms with Crippen LogP contribution in [-0.2, 0) is 21.4 Å². The van der Waals surface area contributed by atoms with Crippen LogP contribution in [0, 0.1) is 0 Å². The largest absolute Gasteiger partial charge is 0.493 e. The van der Waals surface area contributed by atoms with Crippen LogP contribution in [0.4, 0.5) is 0 Å². The van der Waals surface area contributed by atoms with Crippen molar-refractivity contribution >= 4 is 12.0 Å². The first kappa shape index (κ1) is 21.4. The van der Waals surface area contributed by atoms with Crippen molar-refractivity contribution in [3.8, 4) is 17.0 Å². The minimum atomic E-state index is -0.561. The predicted octanol–water partition coefficient (Wildman–Crippen LogP) is 4.19. The molecule has 2 aromatic rings. The first-order valence-electron chi connectivity index (χ1n) is 10.9. The average molecular weight is 424 g/mol. The highest BCUT2D eigenvalue weighted by Gasteiger charge is 2.43. The summed E-state index contributed by atoms with van der Waals surface area (Å²) in [6.45, 7) is 7.13. The molecule has 0 unspecified atom stereocenters. The van der Waals surface area contributed by atoms with Crippen molar-refractivity contribution in [3.05, 3.63) is 57.9 Å². The number of fused-ring (bicyclic) bond motifs is 4. The number of hydrogen-bond acceptors (Lipinski definition) is 5. The minimum absolute atomic E-state index is 0.0994. The van der Waals surface area contributed by atoms with E-state index in [1.165, 1.54) is 0 Å². The van der Waals surface area contributed by atoms with Gasteiger partial charge in [-0.3, -0.25) is 4.79 Å². The number of esters is 1. The topological polar surface area (TPSA) is 66.8 Å². The van der Waals surface area contributed by atoms with Gasteiger partial charge in [0.2, 0.25) is 0 Å². The van der Waals surface area contributed by atoms with E-state index in [-0.39, 0.29) is 23.1 Å². The molecule has 1 saturated carbocycles. The molecule has 0 N–H and O–H groups in total. The SMILES string of the molecule is C=Cc1cc2c(cc1OCCCOC)CC1(CCC1)n1cc(C(=O)OCC)c(=O)cc1-2. The van der Waals surface area contributed by atoms with Crippen LogP contribution in [0.25, 0.3) is 17.3 Å². The molecule has 0 radical (unpaired) electrons. The maximum absolute atomic E-state index is 12.8. The Bertz CT molecular complexity index is 1060. The van der Waals surface area contributed by atoms with Gasteiger partial charge >= 0.3 is 5.97 Å². The number of methoxy groups -OCH3 is 1. The summed E-state index contributed by atoms with van der Waals surface area (Å²) >= 11 is 0. The van der Waals surface area contributed by atoms with Crippen LogP contribution in [0.15, 0.2) is 35.8 Å². The van der Waals surface area contributed by atoms with E-state index in [0.717, 1.165) is 60.2 Å². The first-order valence-corrected chi connectivity index (χ1v) is 10.9. The Kier molecular flexibility index (Phi) is 6.01. The molecule has 164 valence electrons. The van der Waals surface area contributed by atoms with Gasteiger partial charge in [-0.2, -0.15) is 0 Å². The molecule has 4 rings (SSSR count). The van der Waals surface area contributed by atoms with Crippen LogP contribution in [-0.4, -0.2) is 37.5 Å². The minimum Gasteiger partial charge on any atom is -0.493 e. The molecule has 1 aliphatic carbocycles. The van der Waals surface area contributed by atoms with Crippen LogP contribution < -0.4 is 10.2 Å².